The van der Waals surface area contributed by atoms with Gasteiger partial charge in [0.1, 0.15) is 30.1 Å². The molecule has 3 aromatic heterocycles. The molecule has 0 aliphatic carbocycles. The average Bonchev–Trinajstić information content (AvgIpc) is 3.29. The van der Waals surface area contributed by atoms with Crippen LogP contribution in [-0.4, -0.2) is 33.6 Å². The van der Waals surface area contributed by atoms with E-state index in [0.717, 1.165) is 16.5 Å². The molecule has 0 saturated heterocycles. The van der Waals surface area contributed by atoms with Crippen molar-refractivity contribution in [1.82, 2.24) is 20.3 Å². The first-order valence-electron chi connectivity index (χ1n) is 11.3. The number of amides is 1. The van der Waals surface area contributed by atoms with Crippen LogP contribution < -0.4 is 15.8 Å². The lowest BCUT2D eigenvalue weighted by Gasteiger charge is -2.32. The molecule has 4 aromatic rings. The number of benzene rings is 1. The molecule has 0 aliphatic heterocycles. The second-order valence-electron chi connectivity index (χ2n) is 8.83. The molecule has 188 valence electrons. The minimum Gasteiger partial charge on any atom is -0.487 e. The highest BCUT2D eigenvalue weighted by molar-refractivity contribution is 5.95. The van der Waals surface area contributed by atoms with Crippen molar-refractivity contribution < 1.29 is 22.7 Å². The fourth-order valence-corrected chi connectivity index (χ4v) is 3.91. The number of halogens is 3. The molecule has 3 heterocycles. The van der Waals surface area contributed by atoms with E-state index in [2.05, 4.69) is 15.0 Å². The van der Waals surface area contributed by atoms with Crippen molar-refractivity contribution >= 4 is 16.9 Å². The van der Waals surface area contributed by atoms with Crippen molar-refractivity contribution in [1.29, 1.82) is 0 Å². The first-order valence-corrected chi connectivity index (χ1v) is 11.3. The highest BCUT2D eigenvalue weighted by Gasteiger charge is 2.41. The molecular formula is C26H26F3N5O2. The molecule has 0 bridgehead atoms. The minimum atomic E-state index is -4.55. The maximum Gasteiger partial charge on any atom is 0.405 e. The number of alkyl halides is 3. The number of fused-ring (bicyclic) bond motifs is 1. The molecule has 0 aliphatic rings. The van der Waals surface area contributed by atoms with Crippen LogP contribution in [0.15, 0.2) is 67.3 Å². The Labute approximate surface area is 205 Å². The number of carbonyl (C=O) groups excluding carboxylic acids is 1. The smallest absolute Gasteiger partial charge is 0.405 e. The second-order valence-corrected chi connectivity index (χ2v) is 8.83. The number of nitrogens with one attached hydrogen (secondary N) is 2. The minimum absolute atomic E-state index is 0.300. The highest BCUT2D eigenvalue weighted by Crippen LogP contribution is 2.34. The van der Waals surface area contributed by atoms with E-state index < -0.39 is 30.1 Å². The molecule has 0 radical (unpaired) electrons. The Balaban J connectivity index is 1.65. The van der Waals surface area contributed by atoms with Gasteiger partial charge in [-0.25, -0.2) is 4.98 Å². The summed E-state index contributed by atoms with van der Waals surface area (Å²) in [6, 6.07) is 13.2. The molecule has 36 heavy (non-hydrogen) atoms. The zero-order valence-electron chi connectivity index (χ0n) is 19.8. The number of aromatic nitrogens is 3. The summed E-state index contributed by atoms with van der Waals surface area (Å²) >= 11 is 0. The van der Waals surface area contributed by atoms with Crippen LogP contribution in [0.2, 0.25) is 0 Å². The van der Waals surface area contributed by atoms with Crippen LogP contribution in [0, 0.1) is 5.92 Å². The third kappa shape index (κ3) is 5.33. The predicted octanol–water partition coefficient (Wildman–Crippen LogP) is 4.69. The van der Waals surface area contributed by atoms with E-state index in [1.807, 2.05) is 41.7 Å². The molecule has 1 atom stereocenters. The molecule has 1 amide bonds. The van der Waals surface area contributed by atoms with Gasteiger partial charge in [-0.1, -0.05) is 44.2 Å². The van der Waals surface area contributed by atoms with E-state index in [1.165, 1.54) is 6.20 Å². The number of hydrogen-bond acceptors (Lipinski definition) is 5. The lowest BCUT2D eigenvalue weighted by Crippen LogP contribution is -2.56. The molecule has 7 nitrogen and oxygen atoms in total. The van der Waals surface area contributed by atoms with E-state index in [9.17, 15) is 18.0 Å². The van der Waals surface area contributed by atoms with Crippen molar-refractivity contribution in [3.8, 4) is 16.9 Å². The van der Waals surface area contributed by atoms with Gasteiger partial charge in [-0.3, -0.25) is 9.78 Å². The van der Waals surface area contributed by atoms with Gasteiger partial charge >= 0.3 is 6.18 Å². The summed E-state index contributed by atoms with van der Waals surface area (Å²) in [7, 11) is 0. The van der Waals surface area contributed by atoms with E-state index in [4.69, 9.17) is 10.5 Å². The first kappa shape index (κ1) is 25.2. The van der Waals surface area contributed by atoms with Crippen LogP contribution in [0.1, 0.15) is 25.0 Å². The molecule has 4 N–H and O–H groups in total. The molecule has 4 rings (SSSR count). The number of hydrogen-bond donors (Lipinski definition) is 3. The summed E-state index contributed by atoms with van der Waals surface area (Å²) < 4.78 is 44.0. The molecule has 10 heteroatoms. The van der Waals surface area contributed by atoms with Crippen molar-refractivity contribution in [3.05, 3.63) is 78.4 Å². The van der Waals surface area contributed by atoms with Crippen molar-refractivity contribution in [3.63, 3.8) is 0 Å². The molecule has 0 saturated carbocycles. The van der Waals surface area contributed by atoms with E-state index in [0.29, 0.717) is 29.1 Å². The Morgan fingerprint density at radius 3 is 2.58 bits per heavy atom. The Kier molecular flexibility index (Phi) is 6.98. The normalized spacial score (nSPS) is 13.5. The fraction of sp³-hybridized carbons (Fsp3) is 0.269. The zero-order chi connectivity index (χ0) is 25.9. The van der Waals surface area contributed by atoms with Crippen molar-refractivity contribution in [2.45, 2.75) is 32.2 Å². The summed E-state index contributed by atoms with van der Waals surface area (Å²) in [4.78, 5) is 24.6. The van der Waals surface area contributed by atoms with Gasteiger partial charge in [-0.2, -0.15) is 13.2 Å². The van der Waals surface area contributed by atoms with E-state index in [1.54, 1.807) is 38.5 Å². The average molecular weight is 498 g/mol. The third-order valence-corrected chi connectivity index (χ3v) is 6.02. The number of carbonyl (C=O) groups is 1. The lowest BCUT2D eigenvalue weighted by molar-refractivity contribution is -0.143. The summed E-state index contributed by atoms with van der Waals surface area (Å²) in [5, 5.41) is 2.67. The van der Waals surface area contributed by atoms with Crippen LogP contribution in [0.25, 0.3) is 22.2 Å². The van der Waals surface area contributed by atoms with Gasteiger partial charge in [-0.05, 0) is 23.6 Å². The van der Waals surface area contributed by atoms with E-state index in [-0.39, 0.29) is 0 Å². The van der Waals surface area contributed by atoms with Gasteiger partial charge in [0, 0.05) is 40.7 Å². The standard InChI is InChI=1S/C26H26F3N5O2/c1-16(2)26(30,24(35)34-15-25(27,28)29)19-8-18(10-31-11-19)22-13-33-23-21(22)9-20(12-32-23)36-14-17-6-4-3-5-7-17/h3-13,16H,14-15,30H2,1-2H3,(H,32,33)(H,34,35)/t26-/m1/s1. The number of rotatable bonds is 8. The highest BCUT2D eigenvalue weighted by atomic mass is 19.4. The fourth-order valence-electron chi connectivity index (χ4n) is 3.91. The lowest BCUT2D eigenvalue weighted by atomic mass is 9.80. The number of aromatic amines is 1. The molecule has 0 fully saturated rings. The number of nitrogens with two attached hydrogens (primary N) is 1. The number of H-pyrrole nitrogens is 1. The summed E-state index contributed by atoms with van der Waals surface area (Å²) in [5.74, 6) is -0.866. The monoisotopic (exact) mass is 497 g/mol. The molecular weight excluding hydrogens is 471 g/mol. The summed E-state index contributed by atoms with van der Waals surface area (Å²) in [5.41, 5.74) is 8.00. The Hall–Kier alpha value is -3.92. The van der Waals surface area contributed by atoms with Crippen molar-refractivity contribution in [2.75, 3.05) is 6.54 Å². The summed E-state index contributed by atoms with van der Waals surface area (Å²) in [6.07, 6.45) is 1.81. The van der Waals surface area contributed by atoms with Crippen LogP contribution in [0.3, 0.4) is 0 Å². The van der Waals surface area contributed by atoms with Crippen LogP contribution in [0.4, 0.5) is 13.2 Å². The Morgan fingerprint density at radius 2 is 1.89 bits per heavy atom. The first-order chi connectivity index (χ1) is 17.1. The van der Waals surface area contributed by atoms with Gasteiger partial charge in [0.25, 0.3) is 0 Å². The van der Waals surface area contributed by atoms with E-state index >= 15 is 0 Å². The largest absolute Gasteiger partial charge is 0.487 e. The third-order valence-electron chi connectivity index (χ3n) is 6.02. The van der Waals surface area contributed by atoms with Crippen LogP contribution in [-0.2, 0) is 16.9 Å². The quantitative estimate of drug-likeness (QED) is 0.328. The molecule has 0 spiro atoms. The van der Waals surface area contributed by atoms with Crippen molar-refractivity contribution in [2.24, 2.45) is 11.7 Å². The Morgan fingerprint density at radius 1 is 1.14 bits per heavy atom. The predicted molar refractivity (Wildman–Crippen MR) is 130 cm³/mol. The van der Waals surface area contributed by atoms with Crippen LogP contribution in [0.5, 0.6) is 5.75 Å². The van der Waals surface area contributed by atoms with Gasteiger partial charge in [0.05, 0.1) is 6.20 Å². The zero-order valence-corrected chi connectivity index (χ0v) is 19.8. The van der Waals surface area contributed by atoms with Gasteiger partial charge < -0.3 is 20.8 Å². The maximum absolute atomic E-state index is 12.8. The number of nitrogens with zero attached hydrogens (tertiary/aromatic N) is 2. The topological polar surface area (TPSA) is 106 Å². The molecule has 1 aromatic carbocycles. The number of pyridine rings is 2. The molecule has 0 unspecified atom stereocenters. The number of ether oxygens (including phenoxy) is 1. The van der Waals surface area contributed by atoms with Gasteiger partial charge in [0.15, 0.2) is 0 Å². The van der Waals surface area contributed by atoms with Gasteiger partial charge in [-0.15, -0.1) is 0 Å². The second kappa shape index (κ2) is 9.98. The van der Waals surface area contributed by atoms with Gasteiger partial charge in [0.2, 0.25) is 5.91 Å². The SMILES string of the molecule is CC(C)[C@](N)(C(=O)NCC(F)(F)F)c1cncc(-c2c[nH]c3ncc(OCc4ccccc4)cc23)c1. The summed E-state index contributed by atoms with van der Waals surface area (Å²) in [6.45, 7) is 2.25. The Bertz CT molecular complexity index is 1350. The van der Waals surface area contributed by atoms with Crippen LogP contribution >= 0.6 is 0 Å². The maximum atomic E-state index is 12.8.